The Morgan fingerprint density at radius 2 is 2.10 bits per heavy atom. The number of benzene rings is 1. The molecule has 156 valence electrons. The number of methoxy groups -OCH3 is 1. The van der Waals surface area contributed by atoms with Gasteiger partial charge in [0.2, 0.25) is 5.91 Å². The van der Waals surface area contributed by atoms with E-state index in [1.54, 1.807) is 12.0 Å². The number of likely N-dealkylation sites (tertiary alicyclic amines) is 1. The Labute approximate surface area is 169 Å². The number of amides is 2. The van der Waals surface area contributed by atoms with Gasteiger partial charge in [-0.05, 0) is 12.0 Å². The molecule has 0 bridgehead atoms. The first-order valence-electron chi connectivity index (χ1n) is 9.71. The number of carbonyl (C=O) groups excluding carboxylic acids is 2. The number of nitrogens with zero attached hydrogens (tertiary/aromatic N) is 4. The molecule has 1 aliphatic rings. The van der Waals surface area contributed by atoms with Crippen LogP contribution in [0.3, 0.4) is 0 Å². The van der Waals surface area contributed by atoms with E-state index in [4.69, 9.17) is 4.74 Å². The van der Waals surface area contributed by atoms with Crippen molar-refractivity contribution < 1.29 is 18.7 Å². The van der Waals surface area contributed by atoms with E-state index >= 15 is 0 Å². The normalized spacial score (nSPS) is 18.8. The van der Waals surface area contributed by atoms with Gasteiger partial charge in [-0.25, -0.2) is 9.07 Å². The van der Waals surface area contributed by atoms with Crippen LogP contribution in [0, 0.1) is 0 Å². The molecule has 8 nitrogen and oxygen atoms in total. The Morgan fingerprint density at radius 3 is 2.86 bits per heavy atom. The van der Waals surface area contributed by atoms with Crippen LogP contribution < -0.4 is 5.32 Å². The van der Waals surface area contributed by atoms with E-state index in [0.29, 0.717) is 32.5 Å². The second-order valence-electron chi connectivity index (χ2n) is 7.09. The molecule has 0 aliphatic carbocycles. The van der Waals surface area contributed by atoms with Crippen molar-refractivity contribution in [2.24, 2.45) is 0 Å². The van der Waals surface area contributed by atoms with Crippen LogP contribution in [0.25, 0.3) is 0 Å². The van der Waals surface area contributed by atoms with Gasteiger partial charge in [-0.15, -0.1) is 5.10 Å². The highest BCUT2D eigenvalue weighted by atomic mass is 19.1. The fourth-order valence-electron chi connectivity index (χ4n) is 3.44. The van der Waals surface area contributed by atoms with Gasteiger partial charge in [0.25, 0.3) is 5.91 Å². The van der Waals surface area contributed by atoms with E-state index in [1.165, 1.54) is 10.9 Å². The minimum Gasteiger partial charge on any atom is -0.383 e. The van der Waals surface area contributed by atoms with Gasteiger partial charge in [0.05, 0.1) is 31.9 Å². The van der Waals surface area contributed by atoms with Crippen LogP contribution in [-0.4, -0.2) is 70.7 Å². The molecule has 1 N–H and O–H groups in total. The zero-order valence-corrected chi connectivity index (χ0v) is 16.5. The number of ether oxygens (including phenoxy) is 1. The molecule has 1 aromatic heterocycles. The molecule has 0 radical (unpaired) electrons. The van der Waals surface area contributed by atoms with Crippen LogP contribution in [0.5, 0.6) is 0 Å². The lowest BCUT2D eigenvalue weighted by Gasteiger charge is -2.24. The molecular weight excluding hydrogens is 377 g/mol. The van der Waals surface area contributed by atoms with Crippen molar-refractivity contribution in [3.8, 4) is 0 Å². The van der Waals surface area contributed by atoms with Crippen molar-refractivity contribution in [1.29, 1.82) is 0 Å². The van der Waals surface area contributed by atoms with Crippen molar-refractivity contribution in [3.63, 3.8) is 0 Å². The number of carbonyl (C=O) groups is 2. The predicted molar refractivity (Wildman–Crippen MR) is 104 cm³/mol. The summed E-state index contributed by atoms with van der Waals surface area (Å²) < 4.78 is 20.4. The second-order valence-corrected chi connectivity index (χ2v) is 7.09. The van der Waals surface area contributed by atoms with Crippen molar-refractivity contribution in [3.05, 3.63) is 47.8 Å². The van der Waals surface area contributed by atoms with E-state index in [9.17, 15) is 14.0 Å². The molecule has 2 unspecified atom stereocenters. The molecular formula is C20H26FN5O3. The highest BCUT2D eigenvalue weighted by Gasteiger charge is 2.35. The summed E-state index contributed by atoms with van der Waals surface area (Å²) in [6.45, 7) is 1.17. The van der Waals surface area contributed by atoms with E-state index in [1.807, 2.05) is 30.3 Å². The molecule has 0 saturated carbocycles. The van der Waals surface area contributed by atoms with Crippen molar-refractivity contribution in [2.75, 3.05) is 26.8 Å². The van der Waals surface area contributed by atoms with E-state index in [2.05, 4.69) is 15.6 Å². The van der Waals surface area contributed by atoms with Crippen LogP contribution in [0.2, 0.25) is 0 Å². The third-order valence-electron chi connectivity index (χ3n) is 4.91. The summed E-state index contributed by atoms with van der Waals surface area (Å²) in [4.78, 5) is 26.3. The molecule has 0 spiro atoms. The van der Waals surface area contributed by atoms with E-state index in [0.717, 1.165) is 5.56 Å². The molecule has 2 atom stereocenters. The van der Waals surface area contributed by atoms with Gasteiger partial charge >= 0.3 is 0 Å². The third kappa shape index (κ3) is 5.83. The fraction of sp³-hybridized carbons (Fsp3) is 0.500. The maximum absolute atomic E-state index is 14.0. The molecule has 1 aromatic carbocycles. The SMILES string of the molecule is COCCNC(=O)c1cn(CC2CC(F)CN2C(=O)CCc2ccccc2)nn1. The van der Waals surface area contributed by atoms with Gasteiger partial charge in [0.15, 0.2) is 5.69 Å². The standard InChI is InChI=1S/C20H26FN5O3/c1-29-10-9-22-20(28)18-14-25(24-23-18)13-17-11-16(21)12-26(17)19(27)8-7-15-5-3-2-4-6-15/h2-6,14,16-17H,7-13H2,1H3,(H,22,28). The summed E-state index contributed by atoms with van der Waals surface area (Å²) in [6.07, 6.45) is 1.67. The lowest BCUT2D eigenvalue weighted by molar-refractivity contribution is -0.132. The Morgan fingerprint density at radius 1 is 1.31 bits per heavy atom. The molecule has 1 aliphatic heterocycles. The van der Waals surface area contributed by atoms with Crippen LogP contribution >= 0.6 is 0 Å². The first-order valence-corrected chi connectivity index (χ1v) is 9.71. The summed E-state index contributed by atoms with van der Waals surface area (Å²) in [5, 5.41) is 10.5. The number of hydrogen-bond acceptors (Lipinski definition) is 5. The minimum absolute atomic E-state index is 0.0725. The lowest BCUT2D eigenvalue weighted by atomic mass is 10.1. The van der Waals surface area contributed by atoms with Crippen LogP contribution in [0.4, 0.5) is 4.39 Å². The number of halogens is 1. The summed E-state index contributed by atoms with van der Waals surface area (Å²) in [7, 11) is 1.55. The summed E-state index contributed by atoms with van der Waals surface area (Å²) >= 11 is 0. The van der Waals surface area contributed by atoms with Gasteiger partial charge in [-0.1, -0.05) is 35.5 Å². The molecule has 1 fully saturated rings. The van der Waals surface area contributed by atoms with Gasteiger partial charge in [0, 0.05) is 26.5 Å². The van der Waals surface area contributed by atoms with Crippen molar-refractivity contribution >= 4 is 11.8 Å². The monoisotopic (exact) mass is 403 g/mol. The molecule has 3 rings (SSSR count). The molecule has 2 amide bonds. The van der Waals surface area contributed by atoms with E-state index < -0.39 is 6.17 Å². The summed E-state index contributed by atoms with van der Waals surface area (Å²) in [6, 6.07) is 9.44. The summed E-state index contributed by atoms with van der Waals surface area (Å²) in [5.41, 5.74) is 1.26. The maximum Gasteiger partial charge on any atom is 0.273 e. The number of hydrogen-bond donors (Lipinski definition) is 1. The van der Waals surface area contributed by atoms with Crippen LogP contribution in [0.1, 0.15) is 28.9 Å². The quantitative estimate of drug-likeness (QED) is 0.636. The largest absolute Gasteiger partial charge is 0.383 e. The third-order valence-corrected chi connectivity index (χ3v) is 4.91. The van der Waals surface area contributed by atoms with Gasteiger partial charge in [-0.3, -0.25) is 9.59 Å². The van der Waals surface area contributed by atoms with E-state index in [-0.39, 0.29) is 36.5 Å². The van der Waals surface area contributed by atoms with Gasteiger partial charge in [0.1, 0.15) is 6.17 Å². The topological polar surface area (TPSA) is 89.4 Å². The molecule has 2 aromatic rings. The first-order chi connectivity index (χ1) is 14.1. The Balaban J connectivity index is 1.56. The molecule has 9 heteroatoms. The highest BCUT2D eigenvalue weighted by Crippen LogP contribution is 2.23. The molecule has 29 heavy (non-hydrogen) atoms. The van der Waals surface area contributed by atoms with Gasteiger partial charge in [-0.2, -0.15) is 0 Å². The van der Waals surface area contributed by atoms with Gasteiger partial charge < -0.3 is 15.0 Å². The second kappa shape index (κ2) is 10.1. The average molecular weight is 403 g/mol. The lowest BCUT2D eigenvalue weighted by Crippen LogP contribution is -2.38. The zero-order chi connectivity index (χ0) is 20.6. The number of aryl methyl sites for hydroxylation is 1. The maximum atomic E-state index is 14.0. The van der Waals surface area contributed by atoms with Crippen molar-refractivity contribution in [2.45, 2.75) is 38.0 Å². The Kier molecular flexibility index (Phi) is 7.29. The fourth-order valence-corrected chi connectivity index (χ4v) is 3.44. The molecule has 2 heterocycles. The highest BCUT2D eigenvalue weighted by molar-refractivity contribution is 5.91. The number of rotatable bonds is 9. The molecule has 1 saturated heterocycles. The van der Waals surface area contributed by atoms with Crippen LogP contribution in [-0.2, 0) is 22.5 Å². The number of nitrogens with one attached hydrogen (secondary N) is 1. The average Bonchev–Trinajstić information content (AvgIpc) is 3.34. The number of aromatic nitrogens is 3. The Bertz CT molecular complexity index is 813. The predicted octanol–water partition coefficient (Wildman–Crippen LogP) is 1.23. The van der Waals surface area contributed by atoms with Crippen molar-refractivity contribution in [1.82, 2.24) is 25.2 Å². The number of alkyl halides is 1. The zero-order valence-electron chi connectivity index (χ0n) is 16.5. The van der Waals surface area contributed by atoms with Crippen LogP contribution in [0.15, 0.2) is 36.5 Å². The smallest absolute Gasteiger partial charge is 0.273 e. The first kappa shape index (κ1) is 20.9. The summed E-state index contributed by atoms with van der Waals surface area (Å²) in [5.74, 6) is -0.421. The Hall–Kier alpha value is -2.81. The minimum atomic E-state index is -1.05.